The van der Waals surface area contributed by atoms with Gasteiger partial charge in [-0.05, 0) is 42.4 Å². The van der Waals surface area contributed by atoms with E-state index in [2.05, 4.69) is 41.6 Å². The van der Waals surface area contributed by atoms with Crippen LogP contribution in [0.25, 0.3) is 10.9 Å². The molecule has 1 saturated carbocycles. The first-order chi connectivity index (χ1) is 10.3. The van der Waals surface area contributed by atoms with Crippen LogP contribution >= 0.6 is 0 Å². The fraction of sp³-hybridized carbons (Fsp3) is 0.500. The van der Waals surface area contributed by atoms with Gasteiger partial charge in [-0.15, -0.1) is 0 Å². The molecule has 1 aliphatic carbocycles. The van der Waals surface area contributed by atoms with Crippen LogP contribution in [0, 0.1) is 11.8 Å². The summed E-state index contributed by atoms with van der Waals surface area (Å²) in [4.78, 5) is 4.47. The number of rotatable bonds is 4. The molecule has 1 fully saturated rings. The summed E-state index contributed by atoms with van der Waals surface area (Å²) in [5, 5.41) is 1.19. The first kappa shape index (κ1) is 14.5. The Morgan fingerprint density at radius 3 is 3.05 bits per heavy atom. The van der Waals surface area contributed by atoms with Crippen molar-refractivity contribution in [2.24, 2.45) is 17.7 Å². The number of benzene rings is 1. The van der Waals surface area contributed by atoms with Crippen molar-refractivity contribution in [1.29, 1.82) is 0 Å². The van der Waals surface area contributed by atoms with Gasteiger partial charge in [-0.2, -0.15) is 0 Å². The van der Waals surface area contributed by atoms with Crippen molar-refractivity contribution in [2.75, 3.05) is 0 Å². The number of fused-ring (bicyclic) bond motifs is 1. The van der Waals surface area contributed by atoms with E-state index in [-0.39, 0.29) is 6.04 Å². The standard InChI is InChI=1S/C18H25N3/c1-2-13-5-3-6-15(11-13)18(21-19)16-9-8-14-7-4-10-20-17(14)12-16/h4,7-10,12-13,15,18,21H,2-3,5-6,11,19H2,1H3. The lowest BCUT2D eigenvalue weighted by molar-refractivity contribution is 0.210. The minimum atomic E-state index is 0.241. The van der Waals surface area contributed by atoms with Crippen LogP contribution in [0.15, 0.2) is 36.5 Å². The Bertz CT molecular complexity index is 596. The summed E-state index contributed by atoms with van der Waals surface area (Å²) in [6.45, 7) is 2.30. The largest absolute Gasteiger partial charge is 0.271 e. The van der Waals surface area contributed by atoms with Gasteiger partial charge in [-0.3, -0.25) is 16.3 Å². The minimum absolute atomic E-state index is 0.241. The van der Waals surface area contributed by atoms with Crippen LogP contribution < -0.4 is 11.3 Å². The van der Waals surface area contributed by atoms with E-state index in [9.17, 15) is 0 Å². The van der Waals surface area contributed by atoms with Crippen LogP contribution in [0.4, 0.5) is 0 Å². The second-order valence-corrected chi connectivity index (χ2v) is 6.30. The zero-order chi connectivity index (χ0) is 14.7. The van der Waals surface area contributed by atoms with E-state index >= 15 is 0 Å². The molecule has 0 saturated heterocycles. The van der Waals surface area contributed by atoms with E-state index in [0.29, 0.717) is 5.92 Å². The number of nitrogens with one attached hydrogen (secondary N) is 1. The quantitative estimate of drug-likeness (QED) is 0.659. The van der Waals surface area contributed by atoms with Crippen molar-refractivity contribution < 1.29 is 0 Å². The molecule has 112 valence electrons. The van der Waals surface area contributed by atoms with Gasteiger partial charge in [-0.1, -0.05) is 44.4 Å². The van der Waals surface area contributed by atoms with Crippen molar-refractivity contribution in [3.05, 3.63) is 42.1 Å². The maximum Gasteiger partial charge on any atom is 0.0705 e. The summed E-state index contributed by atoms with van der Waals surface area (Å²) in [6, 6.07) is 10.9. The summed E-state index contributed by atoms with van der Waals surface area (Å²) >= 11 is 0. The molecule has 0 spiro atoms. The molecule has 2 aromatic rings. The first-order valence-electron chi connectivity index (χ1n) is 8.12. The Kier molecular flexibility index (Phi) is 4.51. The Balaban J connectivity index is 1.86. The lowest BCUT2D eigenvalue weighted by atomic mass is 9.75. The Labute approximate surface area is 126 Å². The van der Waals surface area contributed by atoms with Gasteiger partial charge in [0.25, 0.3) is 0 Å². The number of pyridine rings is 1. The van der Waals surface area contributed by atoms with E-state index in [1.165, 1.54) is 43.1 Å². The molecular formula is C18H25N3. The normalized spacial score (nSPS) is 24.1. The molecule has 21 heavy (non-hydrogen) atoms. The van der Waals surface area contributed by atoms with E-state index in [0.717, 1.165) is 11.4 Å². The van der Waals surface area contributed by atoms with Gasteiger partial charge >= 0.3 is 0 Å². The molecular weight excluding hydrogens is 258 g/mol. The highest BCUT2D eigenvalue weighted by molar-refractivity contribution is 5.79. The fourth-order valence-corrected chi connectivity index (χ4v) is 3.79. The highest BCUT2D eigenvalue weighted by Crippen LogP contribution is 2.38. The Morgan fingerprint density at radius 1 is 1.33 bits per heavy atom. The molecule has 1 aromatic heterocycles. The van der Waals surface area contributed by atoms with Crippen molar-refractivity contribution in [3.8, 4) is 0 Å². The number of aromatic nitrogens is 1. The third-order valence-electron chi connectivity index (χ3n) is 5.04. The van der Waals surface area contributed by atoms with Crippen LogP contribution in [0.5, 0.6) is 0 Å². The average Bonchev–Trinajstić information content (AvgIpc) is 2.56. The topological polar surface area (TPSA) is 50.9 Å². The van der Waals surface area contributed by atoms with Crippen LogP contribution in [-0.2, 0) is 0 Å². The zero-order valence-electron chi connectivity index (χ0n) is 12.8. The second kappa shape index (κ2) is 6.54. The SMILES string of the molecule is CCC1CCCC(C(NN)c2ccc3cccnc3c2)C1. The van der Waals surface area contributed by atoms with Crippen molar-refractivity contribution in [1.82, 2.24) is 10.4 Å². The van der Waals surface area contributed by atoms with Crippen LogP contribution in [0.3, 0.4) is 0 Å². The third-order valence-corrected chi connectivity index (χ3v) is 5.04. The number of nitrogens with zero attached hydrogens (tertiary/aromatic N) is 1. The summed E-state index contributed by atoms with van der Waals surface area (Å²) in [5.74, 6) is 7.39. The van der Waals surface area contributed by atoms with E-state index in [4.69, 9.17) is 5.84 Å². The van der Waals surface area contributed by atoms with Gasteiger partial charge < -0.3 is 0 Å². The molecule has 3 heteroatoms. The maximum absolute atomic E-state index is 5.90. The predicted octanol–water partition coefficient (Wildman–Crippen LogP) is 3.96. The van der Waals surface area contributed by atoms with Gasteiger partial charge in [0.05, 0.1) is 5.52 Å². The fourth-order valence-electron chi connectivity index (χ4n) is 3.79. The van der Waals surface area contributed by atoms with E-state index in [1.807, 2.05) is 12.3 Å². The molecule has 3 nitrogen and oxygen atoms in total. The maximum atomic E-state index is 5.90. The van der Waals surface area contributed by atoms with Gasteiger partial charge in [0.2, 0.25) is 0 Å². The first-order valence-corrected chi connectivity index (χ1v) is 8.12. The molecule has 0 radical (unpaired) electrons. The van der Waals surface area contributed by atoms with Crippen LogP contribution in [-0.4, -0.2) is 4.98 Å². The average molecular weight is 283 g/mol. The number of hydrazine groups is 1. The second-order valence-electron chi connectivity index (χ2n) is 6.30. The summed E-state index contributed by atoms with van der Waals surface area (Å²) < 4.78 is 0. The van der Waals surface area contributed by atoms with E-state index in [1.54, 1.807) is 0 Å². The highest BCUT2D eigenvalue weighted by atomic mass is 15.2. The predicted molar refractivity (Wildman–Crippen MR) is 87.5 cm³/mol. The van der Waals surface area contributed by atoms with Gasteiger partial charge in [0.1, 0.15) is 0 Å². The Morgan fingerprint density at radius 2 is 2.24 bits per heavy atom. The lowest BCUT2D eigenvalue weighted by Crippen LogP contribution is -2.35. The summed E-state index contributed by atoms with van der Waals surface area (Å²) in [5.41, 5.74) is 5.39. The van der Waals surface area contributed by atoms with Crippen LogP contribution in [0.1, 0.15) is 50.6 Å². The lowest BCUT2D eigenvalue weighted by Gasteiger charge is -2.34. The monoisotopic (exact) mass is 283 g/mol. The molecule has 1 heterocycles. The molecule has 0 amide bonds. The minimum Gasteiger partial charge on any atom is -0.271 e. The molecule has 3 rings (SSSR count). The van der Waals surface area contributed by atoms with Gasteiger partial charge in [0.15, 0.2) is 0 Å². The third kappa shape index (κ3) is 3.09. The summed E-state index contributed by atoms with van der Waals surface area (Å²) in [6.07, 6.45) is 8.39. The number of nitrogens with two attached hydrogens (primary N) is 1. The van der Waals surface area contributed by atoms with Gasteiger partial charge in [-0.25, -0.2) is 0 Å². The zero-order valence-corrected chi connectivity index (χ0v) is 12.8. The van der Waals surface area contributed by atoms with Crippen molar-refractivity contribution in [2.45, 2.75) is 45.1 Å². The molecule has 3 unspecified atom stereocenters. The van der Waals surface area contributed by atoms with Crippen LogP contribution in [0.2, 0.25) is 0 Å². The highest BCUT2D eigenvalue weighted by Gasteiger charge is 2.28. The van der Waals surface area contributed by atoms with Gasteiger partial charge in [0, 0.05) is 17.6 Å². The van der Waals surface area contributed by atoms with Crippen molar-refractivity contribution >= 4 is 10.9 Å². The molecule has 3 N–H and O–H groups in total. The van der Waals surface area contributed by atoms with Crippen molar-refractivity contribution in [3.63, 3.8) is 0 Å². The van der Waals surface area contributed by atoms with E-state index < -0.39 is 0 Å². The number of hydrogen-bond acceptors (Lipinski definition) is 3. The summed E-state index contributed by atoms with van der Waals surface area (Å²) in [7, 11) is 0. The number of hydrogen-bond donors (Lipinski definition) is 2. The molecule has 0 bridgehead atoms. The smallest absolute Gasteiger partial charge is 0.0705 e. The molecule has 1 aromatic carbocycles. The molecule has 0 aliphatic heterocycles. The molecule has 1 aliphatic rings. The molecule has 3 atom stereocenters. The Hall–Kier alpha value is -1.45.